The fraction of sp³-hybridized carbons (Fsp3) is 0.222. The van der Waals surface area contributed by atoms with Crippen molar-refractivity contribution in [3.05, 3.63) is 29.3 Å². The molecule has 0 atom stereocenters. The molecule has 0 unspecified atom stereocenters. The lowest BCUT2D eigenvalue weighted by atomic mass is 10.2. The van der Waals surface area contributed by atoms with Crippen LogP contribution in [0.2, 0.25) is 0 Å². The first-order chi connectivity index (χ1) is 6.02. The highest BCUT2D eigenvalue weighted by atomic mass is 19.2. The summed E-state index contributed by atoms with van der Waals surface area (Å²) in [7, 11) is 0. The minimum absolute atomic E-state index is 0.107. The monoisotopic (exact) mass is 185 g/mol. The molecule has 0 fully saturated rings. The quantitative estimate of drug-likeness (QED) is 0.714. The highest BCUT2D eigenvalue weighted by Gasteiger charge is 2.09. The van der Waals surface area contributed by atoms with Gasteiger partial charge in [0.2, 0.25) is 5.91 Å². The fourth-order valence-corrected chi connectivity index (χ4v) is 0.977. The predicted molar refractivity (Wildman–Crippen MR) is 45.4 cm³/mol. The zero-order valence-corrected chi connectivity index (χ0v) is 7.32. The first-order valence-electron chi connectivity index (χ1n) is 3.74. The Balaban J connectivity index is 3.10. The van der Waals surface area contributed by atoms with Gasteiger partial charge in [0.25, 0.3) is 0 Å². The van der Waals surface area contributed by atoms with Gasteiger partial charge >= 0.3 is 0 Å². The van der Waals surface area contributed by atoms with Gasteiger partial charge in [-0.3, -0.25) is 4.79 Å². The fourth-order valence-electron chi connectivity index (χ4n) is 0.977. The minimum Gasteiger partial charge on any atom is -0.326 e. The number of rotatable bonds is 1. The molecule has 0 spiro atoms. The summed E-state index contributed by atoms with van der Waals surface area (Å²) >= 11 is 0. The van der Waals surface area contributed by atoms with Crippen LogP contribution in [0, 0.1) is 18.6 Å². The Morgan fingerprint density at radius 1 is 1.38 bits per heavy atom. The van der Waals surface area contributed by atoms with Crippen LogP contribution in [0.25, 0.3) is 0 Å². The summed E-state index contributed by atoms with van der Waals surface area (Å²) in [6.45, 7) is 2.71. The Bertz CT molecular complexity index is 350. The van der Waals surface area contributed by atoms with Crippen LogP contribution in [0.15, 0.2) is 12.1 Å². The number of hydrogen-bond acceptors (Lipinski definition) is 1. The largest absolute Gasteiger partial charge is 0.326 e. The zero-order chi connectivity index (χ0) is 10.0. The van der Waals surface area contributed by atoms with E-state index in [0.29, 0.717) is 5.69 Å². The van der Waals surface area contributed by atoms with Crippen molar-refractivity contribution < 1.29 is 13.6 Å². The first kappa shape index (κ1) is 9.64. The van der Waals surface area contributed by atoms with Crippen molar-refractivity contribution in [1.29, 1.82) is 0 Å². The molecule has 1 aromatic rings. The van der Waals surface area contributed by atoms with E-state index in [1.165, 1.54) is 19.9 Å². The van der Waals surface area contributed by atoms with E-state index in [1.807, 2.05) is 0 Å². The van der Waals surface area contributed by atoms with Crippen molar-refractivity contribution in [3.63, 3.8) is 0 Å². The summed E-state index contributed by atoms with van der Waals surface area (Å²) in [5, 5.41) is 2.40. The lowest BCUT2D eigenvalue weighted by Gasteiger charge is -2.06. The molecule has 4 heteroatoms. The van der Waals surface area contributed by atoms with Gasteiger partial charge in [0.15, 0.2) is 11.6 Å². The Morgan fingerprint density at radius 3 is 2.54 bits per heavy atom. The topological polar surface area (TPSA) is 29.1 Å². The third-order valence-electron chi connectivity index (χ3n) is 1.65. The second-order valence-corrected chi connectivity index (χ2v) is 2.72. The molecule has 0 aromatic heterocycles. The molecule has 1 rings (SSSR count). The smallest absolute Gasteiger partial charge is 0.221 e. The molecule has 13 heavy (non-hydrogen) atoms. The molecule has 2 nitrogen and oxygen atoms in total. The number of benzene rings is 1. The summed E-state index contributed by atoms with van der Waals surface area (Å²) in [5.74, 6) is -2.15. The van der Waals surface area contributed by atoms with Crippen molar-refractivity contribution in [1.82, 2.24) is 0 Å². The summed E-state index contributed by atoms with van der Waals surface area (Å²) in [4.78, 5) is 10.6. The van der Waals surface area contributed by atoms with Crippen LogP contribution in [-0.2, 0) is 4.79 Å². The highest BCUT2D eigenvalue weighted by Crippen LogP contribution is 2.19. The summed E-state index contributed by atoms with van der Waals surface area (Å²) in [6, 6.07) is 2.31. The molecule has 0 aliphatic heterocycles. The van der Waals surface area contributed by atoms with E-state index < -0.39 is 11.6 Å². The highest BCUT2D eigenvalue weighted by molar-refractivity contribution is 5.89. The molecular formula is C9H9F2NO. The Hall–Kier alpha value is -1.45. The van der Waals surface area contributed by atoms with E-state index >= 15 is 0 Å². The van der Waals surface area contributed by atoms with Crippen molar-refractivity contribution in [2.45, 2.75) is 13.8 Å². The molecule has 0 saturated carbocycles. The molecule has 0 saturated heterocycles. The number of halogens is 2. The van der Waals surface area contributed by atoms with E-state index in [-0.39, 0.29) is 11.5 Å². The third-order valence-corrected chi connectivity index (χ3v) is 1.65. The van der Waals surface area contributed by atoms with E-state index in [0.717, 1.165) is 6.07 Å². The number of anilines is 1. The number of amides is 1. The van der Waals surface area contributed by atoms with E-state index in [1.54, 1.807) is 0 Å². The Morgan fingerprint density at radius 2 is 2.00 bits per heavy atom. The molecule has 0 aliphatic rings. The van der Waals surface area contributed by atoms with Gasteiger partial charge in [0.05, 0.1) is 0 Å². The Labute approximate surface area is 74.6 Å². The third kappa shape index (κ3) is 2.02. The van der Waals surface area contributed by atoms with Gasteiger partial charge in [-0.2, -0.15) is 0 Å². The van der Waals surface area contributed by atoms with Crippen LogP contribution in [-0.4, -0.2) is 5.91 Å². The second-order valence-electron chi connectivity index (χ2n) is 2.72. The van der Waals surface area contributed by atoms with Crippen LogP contribution in [0.3, 0.4) is 0 Å². The lowest BCUT2D eigenvalue weighted by molar-refractivity contribution is -0.114. The van der Waals surface area contributed by atoms with Crippen LogP contribution >= 0.6 is 0 Å². The van der Waals surface area contributed by atoms with Crippen LogP contribution in [0.5, 0.6) is 0 Å². The summed E-state index contributed by atoms with van der Waals surface area (Å²) in [6.07, 6.45) is 0. The molecular weight excluding hydrogens is 176 g/mol. The molecule has 1 aromatic carbocycles. The van der Waals surface area contributed by atoms with Crippen molar-refractivity contribution in [2.75, 3.05) is 5.32 Å². The predicted octanol–water partition coefficient (Wildman–Crippen LogP) is 2.23. The van der Waals surface area contributed by atoms with Crippen molar-refractivity contribution >= 4 is 11.6 Å². The van der Waals surface area contributed by atoms with Crippen LogP contribution in [0.4, 0.5) is 14.5 Å². The summed E-state index contributed by atoms with van der Waals surface area (Å²) in [5.41, 5.74) is 0.404. The van der Waals surface area contributed by atoms with Crippen molar-refractivity contribution in [3.8, 4) is 0 Å². The van der Waals surface area contributed by atoms with Crippen LogP contribution in [0.1, 0.15) is 12.5 Å². The number of hydrogen-bond donors (Lipinski definition) is 1. The lowest BCUT2D eigenvalue weighted by Crippen LogP contribution is -2.08. The maximum absolute atomic E-state index is 12.9. The molecule has 0 radical (unpaired) electrons. The standard InChI is InChI=1S/C9H9F2NO/c1-5-8(12-6(2)13)4-3-7(10)9(5)11/h3-4H,1-2H3,(H,12,13). The average Bonchev–Trinajstić information content (AvgIpc) is 2.06. The van der Waals surface area contributed by atoms with Gasteiger partial charge in [-0.05, 0) is 19.1 Å². The normalized spacial score (nSPS) is 9.85. The molecule has 70 valence electrons. The molecule has 0 aliphatic carbocycles. The van der Waals surface area contributed by atoms with Crippen molar-refractivity contribution in [2.24, 2.45) is 0 Å². The van der Waals surface area contributed by atoms with E-state index in [4.69, 9.17) is 0 Å². The maximum Gasteiger partial charge on any atom is 0.221 e. The zero-order valence-electron chi connectivity index (χ0n) is 7.32. The molecule has 1 N–H and O–H groups in total. The second kappa shape index (κ2) is 3.51. The van der Waals surface area contributed by atoms with Gasteiger partial charge in [-0.15, -0.1) is 0 Å². The summed E-state index contributed by atoms with van der Waals surface area (Å²) < 4.78 is 25.5. The average molecular weight is 185 g/mol. The van der Waals surface area contributed by atoms with Gasteiger partial charge in [-0.1, -0.05) is 0 Å². The molecule has 0 heterocycles. The minimum atomic E-state index is -0.925. The van der Waals surface area contributed by atoms with E-state index in [2.05, 4.69) is 5.32 Å². The van der Waals surface area contributed by atoms with Gasteiger partial charge in [-0.25, -0.2) is 8.78 Å². The maximum atomic E-state index is 12.9. The molecule has 1 amide bonds. The van der Waals surface area contributed by atoms with Gasteiger partial charge < -0.3 is 5.32 Å². The van der Waals surface area contributed by atoms with Gasteiger partial charge in [0.1, 0.15) is 0 Å². The SMILES string of the molecule is CC(=O)Nc1ccc(F)c(F)c1C. The molecule has 0 bridgehead atoms. The van der Waals surface area contributed by atoms with Crippen LogP contribution < -0.4 is 5.32 Å². The Kier molecular flexibility index (Phi) is 2.60. The number of nitrogens with one attached hydrogen (secondary N) is 1. The van der Waals surface area contributed by atoms with Gasteiger partial charge in [0, 0.05) is 18.2 Å². The van der Waals surface area contributed by atoms with E-state index in [9.17, 15) is 13.6 Å². The number of carbonyl (C=O) groups is 1. The number of carbonyl (C=O) groups excluding carboxylic acids is 1. The first-order valence-corrected chi connectivity index (χ1v) is 3.74.